The van der Waals surface area contributed by atoms with Crippen molar-refractivity contribution < 1.29 is 5.11 Å². The molecule has 2 nitrogen and oxygen atoms in total. The topological polar surface area (TPSA) is 32.3 Å². The van der Waals surface area contributed by atoms with E-state index in [2.05, 4.69) is 29.6 Å². The fourth-order valence-corrected chi connectivity index (χ4v) is 2.30. The van der Waals surface area contributed by atoms with E-state index in [-0.39, 0.29) is 0 Å². The lowest BCUT2D eigenvalue weighted by molar-refractivity contribution is 0.138. The monoisotopic (exact) mass is 269 g/mol. The average molecular weight is 269 g/mol. The van der Waals surface area contributed by atoms with E-state index in [4.69, 9.17) is 0 Å². The number of aliphatic hydroxyl groups is 1. The summed E-state index contributed by atoms with van der Waals surface area (Å²) in [6, 6.07) is 18.5. The summed E-state index contributed by atoms with van der Waals surface area (Å²) in [4.78, 5) is 0. The highest BCUT2D eigenvalue weighted by Crippen LogP contribution is 2.12. The third-order valence-corrected chi connectivity index (χ3v) is 3.43. The number of rotatable bonds is 7. The van der Waals surface area contributed by atoms with Gasteiger partial charge in [0.1, 0.15) is 6.23 Å². The molecule has 0 saturated heterocycles. The molecule has 0 spiro atoms. The first-order valence-electron chi connectivity index (χ1n) is 7.27. The van der Waals surface area contributed by atoms with Crippen LogP contribution < -0.4 is 5.32 Å². The molecule has 0 aliphatic rings. The molecule has 0 bridgehead atoms. The Hall–Kier alpha value is -1.64. The molecule has 0 aliphatic heterocycles. The summed E-state index contributed by atoms with van der Waals surface area (Å²) in [5.41, 5.74) is 3.49. The number of aliphatic hydroxyl groups excluding tert-OH is 1. The second kappa shape index (κ2) is 7.83. The maximum atomic E-state index is 10.1. The molecule has 0 amide bonds. The van der Waals surface area contributed by atoms with Crippen molar-refractivity contribution in [3.05, 3.63) is 71.3 Å². The standard InChI is InChI=1S/C18H23NO/c1-15-8-7-12-17(14-15)18(20)19-13-6-5-11-16-9-3-2-4-10-16/h2-4,7-10,12,14,18-20H,5-6,11,13H2,1H3. The maximum absolute atomic E-state index is 10.1. The van der Waals surface area contributed by atoms with Gasteiger partial charge >= 0.3 is 0 Å². The Morgan fingerprint density at radius 3 is 2.55 bits per heavy atom. The van der Waals surface area contributed by atoms with Crippen LogP contribution in [0.4, 0.5) is 0 Å². The Balaban J connectivity index is 1.66. The lowest BCUT2D eigenvalue weighted by atomic mass is 10.1. The van der Waals surface area contributed by atoms with Crippen LogP contribution in [-0.2, 0) is 6.42 Å². The van der Waals surface area contributed by atoms with Gasteiger partial charge in [0, 0.05) is 0 Å². The van der Waals surface area contributed by atoms with Gasteiger partial charge in [-0.25, -0.2) is 0 Å². The minimum Gasteiger partial charge on any atom is -0.374 e. The van der Waals surface area contributed by atoms with Gasteiger partial charge in [0.15, 0.2) is 0 Å². The number of hydrogen-bond donors (Lipinski definition) is 2. The van der Waals surface area contributed by atoms with Crippen LogP contribution >= 0.6 is 0 Å². The molecule has 0 aromatic heterocycles. The summed E-state index contributed by atoms with van der Waals surface area (Å²) in [5.74, 6) is 0. The molecule has 0 radical (unpaired) electrons. The van der Waals surface area contributed by atoms with E-state index in [0.717, 1.165) is 31.4 Å². The van der Waals surface area contributed by atoms with Crippen molar-refractivity contribution in [2.45, 2.75) is 32.4 Å². The van der Waals surface area contributed by atoms with E-state index in [9.17, 15) is 5.11 Å². The Morgan fingerprint density at radius 1 is 1.00 bits per heavy atom. The molecule has 2 N–H and O–H groups in total. The predicted octanol–water partition coefficient (Wildman–Crippen LogP) is 3.60. The first kappa shape index (κ1) is 14.8. The second-order valence-corrected chi connectivity index (χ2v) is 5.21. The highest BCUT2D eigenvalue weighted by Gasteiger charge is 2.05. The summed E-state index contributed by atoms with van der Waals surface area (Å²) in [7, 11) is 0. The lowest BCUT2D eigenvalue weighted by Gasteiger charge is -2.13. The number of hydrogen-bond acceptors (Lipinski definition) is 2. The van der Waals surface area contributed by atoms with Crippen molar-refractivity contribution >= 4 is 0 Å². The van der Waals surface area contributed by atoms with Gasteiger partial charge in [0.05, 0.1) is 0 Å². The van der Waals surface area contributed by atoms with Crippen LogP contribution in [0.2, 0.25) is 0 Å². The number of aryl methyl sites for hydroxylation is 2. The quantitative estimate of drug-likeness (QED) is 0.594. The molecule has 2 heteroatoms. The van der Waals surface area contributed by atoms with Crippen LogP contribution in [0.25, 0.3) is 0 Å². The molecule has 2 aromatic rings. The zero-order valence-electron chi connectivity index (χ0n) is 12.0. The minimum atomic E-state index is -0.563. The molecule has 1 unspecified atom stereocenters. The van der Waals surface area contributed by atoms with Gasteiger partial charge in [0.25, 0.3) is 0 Å². The van der Waals surface area contributed by atoms with Crippen LogP contribution in [-0.4, -0.2) is 11.7 Å². The zero-order valence-corrected chi connectivity index (χ0v) is 12.0. The van der Waals surface area contributed by atoms with Crippen LogP contribution in [0.1, 0.15) is 35.8 Å². The van der Waals surface area contributed by atoms with Crippen LogP contribution in [0, 0.1) is 6.92 Å². The van der Waals surface area contributed by atoms with Gasteiger partial charge < -0.3 is 5.11 Å². The summed E-state index contributed by atoms with van der Waals surface area (Å²) >= 11 is 0. The lowest BCUT2D eigenvalue weighted by Crippen LogP contribution is -2.22. The molecule has 20 heavy (non-hydrogen) atoms. The fourth-order valence-electron chi connectivity index (χ4n) is 2.30. The normalized spacial score (nSPS) is 12.3. The average Bonchev–Trinajstić information content (AvgIpc) is 2.48. The first-order valence-corrected chi connectivity index (χ1v) is 7.27. The largest absolute Gasteiger partial charge is 0.374 e. The van der Waals surface area contributed by atoms with Gasteiger partial charge in [0.2, 0.25) is 0 Å². The van der Waals surface area contributed by atoms with Crippen molar-refractivity contribution in [1.29, 1.82) is 0 Å². The van der Waals surface area contributed by atoms with Gasteiger partial charge in [-0.05, 0) is 43.9 Å². The summed E-state index contributed by atoms with van der Waals surface area (Å²) in [6.45, 7) is 2.87. The maximum Gasteiger partial charge on any atom is 0.131 e. The van der Waals surface area contributed by atoms with Gasteiger partial charge in [-0.2, -0.15) is 0 Å². The van der Waals surface area contributed by atoms with Crippen LogP contribution in [0.5, 0.6) is 0 Å². The molecule has 0 heterocycles. The molecule has 1 atom stereocenters. The predicted molar refractivity (Wildman–Crippen MR) is 83.5 cm³/mol. The number of benzene rings is 2. The van der Waals surface area contributed by atoms with Crippen molar-refractivity contribution in [2.75, 3.05) is 6.54 Å². The highest BCUT2D eigenvalue weighted by atomic mass is 16.3. The smallest absolute Gasteiger partial charge is 0.131 e. The van der Waals surface area contributed by atoms with E-state index >= 15 is 0 Å². The van der Waals surface area contributed by atoms with Crippen LogP contribution in [0.3, 0.4) is 0 Å². The van der Waals surface area contributed by atoms with Gasteiger partial charge in [-0.3, -0.25) is 5.32 Å². The van der Waals surface area contributed by atoms with Gasteiger partial charge in [-0.15, -0.1) is 0 Å². The number of nitrogens with one attached hydrogen (secondary N) is 1. The van der Waals surface area contributed by atoms with E-state index in [0.29, 0.717) is 0 Å². The van der Waals surface area contributed by atoms with Crippen molar-refractivity contribution in [2.24, 2.45) is 0 Å². The Bertz CT molecular complexity index is 510. The van der Waals surface area contributed by atoms with Crippen molar-refractivity contribution in [3.63, 3.8) is 0 Å². The first-order chi connectivity index (χ1) is 9.75. The molecule has 106 valence electrons. The second-order valence-electron chi connectivity index (χ2n) is 5.21. The molecule has 2 rings (SSSR count). The number of unbranched alkanes of at least 4 members (excludes halogenated alkanes) is 1. The summed E-state index contributed by atoms with van der Waals surface area (Å²) < 4.78 is 0. The molecule has 2 aromatic carbocycles. The zero-order chi connectivity index (χ0) is 14.2. The van der Waals surface area contributed by atoms with E-state index in [1.807, 2.05) is 37.3 Å². The highest BCUT2D eigenvalue weighted by molar-refractivity contribution is 5.23. The Morgan fingerprint density at radius 2 is 1.80 bits per heavy atom. The third-order valence-electron chi connectivity index (χ3n) is 3.43. The minimum absolute atomic E-state index is 0.563. The summed E-state index contributed by atoms with van der Waals surface area (Å²) in [6.07, 6.45) is 2.74. The molecule has 0 fully saturated rings. The molecule has 0 saturated carbocycles. The molecule has 0 aliphatic carbocycles. The van der Waals surface area contributed by atoms with Crippen molar-refractivity contribution in [1.82, 2.24) is 5.32 Å². The summed E-state index contributed by atoms with van der Waals surface area (Å²) in [5, 5.41) is 13.2. The Labute approximate surface area is 121 Å². The fraction of sp³-hybridized carbons (Fsp3) is 0.333. The van der Waals surface area contributed by atoms with Gasteiger partial charge in [-0.1, -0.05) is 60.2 Å². The SMILES string of the molecule is Cc1cccc(C(O)NCCCCc2ccccc2)c1. The van der Waals surface area contributed by atoms with E-state index in [1.54, 1.807) is 0 Å². The molecular weight excluding hydrogens is 246 g/mol. The van der Waals surface area contributed by atoms with Crippen LogP contribution in [0.15, 0.2) is 54.6 Å². The van der Waals surface area contributed by atoms with E-state index < -0.39 is 6.23 Å². The Kier molecular flexibility index (Phi) is 5.78. The third kappa shape index (κ3) is 4.80. The van der Waals surface area contributed by atoms with E-state index in [1.165, 1.54) is 11.1 Å². The molecular formula is C18H23NO. The van der Waals surface area contributed by atoms with Crippen molar-refractivity contribution in [3.8, 4) is 0 Å².